The third-order valence-electron chi connectivity index (χ3n) is 4.03. The van der Waals surface area contributed by atoms with E-state index in [2.05, 4.69) is 10.3 Å². The molecule has 1 unspecified atom stereocenters. The zero-order valence-electron chi connectivity index (χ0n) is 14.9. The molecule has 7 heteroatoms. The largest absolute Gasteiger partial charge is 0.388 e. The monoisotopic (exact) mass is 355 g/mol. The Bertz CT molecular complexity index is 802. The molecule has 2 amide bonds. The van der Waals surface area contributed by atoms with Crippen molar-refractivity contribution >= 4 is 17.6 Å². The molecule has 0 saturated carbocycles. The van der Waals surface area contributed by atoms with Crippen molar-refractivity contribution in [1.82, 2.24) is 15.2 Å². The minimum atomic E-state index is -1.37. The van der Waals surface area contributed by atoms with Crippen molar-refractivity contribution in [2.45, 2.75) is 13.0 Å². The molecular weight excluding hydrogens is 334 g/mol. The number of amides is 2. The molecule has 2 N–H and O–H groups in total. The van der Waals surface area contributed by atoms with Gasteiger partial charge in [-0.3, -0.25) is 19.4 Å². The average molecular weight is 355 g/mol. The Hall–Kier alpha value is -3.06. The van der Waals surface area contributed by atoms with Gasteiger partial charge in [-0.2, -0.15) is 0 Å². The highest BCUT2D eigenvalue weighted by atomic mass is 16.3. The van der Waals surface area contributed by atoms with Crippen LogP contribution in [0.4, 0.5) is 0 Å². The number of carbonyl (C=O) groups is 3. The molecule has 1 aromatic carbocycles. The van der Waals surface area contributed by atoms with Gasteiger partial charge in [-0.1, -0.05) is 12.1 Å². The van der Waals surface area contributed by atoms with Gasteiger partial charge in [0.25, 0.3) is 5.91 Å². The van der Waals surface area contributed by atoms with E-state index >= 15 is 0 Å². The summed E-state index contributed by atoms with van der Waals surface area (Å²) in [6.45, 7) is 1.07. The van der Waals surface area contributed by atoms with Crippen LogP contribution in [0.1, 0.15) is 16.1 Å². The normalized spacial score (nSPS) is 11.5. The highest BCUT2D eigenvalue weighted by Gasteiger charge is 2.32. The SMILES string of the molecule is CNC(=O)C(C(=O)CO)N(C)C(=O)c1ccc(-c2ccnc(C)c2)cc1. The molecule has 1 aromatic heterocycles. The number of benzene rings is 1. The van der Waals surface area contributed by atoms with Crippen molar-refractivity contribution < 1.29 is 19.5 Å². The second kappa shape index (κ2) is 8.35. The first-order chi connectivity index (χ1) is 12.4. The van der Waals surface area contributed by atoms with Crippen LogP contribution in [0.2, 0.25) is 0 Å². The summed E-state index contributed by atoms with van der Waals surface area (Å²) in [6.07, 6.45) is 1.71. The van der Waals surface area contributed by atoms with E-state index in [4.69, 9.17) is 5.11 Å². The highest BCUT2D eigenvalue weighted by Crippen LogP contribution is 2.20. The summed E-state index contributed by atoms with van der Waals surface area (Å²) in [6, 6.07) is 9.28. The van der Waals surface area contributed by atoms with E-state index in [1.54, 1.807) is 30.5 Å². The molecule has 0 saturated heterocycles. The number of pyridine rings is 1. The summed E-state index contributed by atoms with van der Waals surface area (Å²) < 4.78 is 0. The molecule has 0 aliphatic heterocycles. The first kappa shape index (κ1) is 19.3. The molecule has 0 aliphatic carbocycles. The number of aromatic nitrogens is 1. The predicted octanol–water partition coefficient (Wildman–Crippen LogP) is 0.805. The average Bonchev–Trinajstić information content (AvgIpc) is 2.67. The molecule has 7 nitrogen and oxygen atoms in total. The number of hydrogen-bond acceptors (Lipinski definition) is 5. The van der Waals surface area contributed by atoms with Crippen LogP contribution in [0, 0.1) is 6.92 Å². The zero-order valence-corrected chi connectivity index (χ0v) is 14.9. The summed E-state index contributed by atoms with van der Waals surface area (Å²) >= 11 is 0. The van der Waals surface area contributed by atoms with E-state index in [-0.39, 0.29) is 0 Å². The third kappa shape index (κ3) is 4.12. The molecule has 2 aromatic rings. The number of rotatable bonds is 6. The van der Waals surface area contributed by atoms with Crippen LogP contribution < -0.4 is 5.32 Å². The van der Waals surface area contributed by atoms with Crippen molar-refractivity contribution in [1.29, 1.82) is 0 Å². The lowest BCUT2D eigenvalue weighted by Gasteiger charge is -2.25. The summed E-state index contributed by atoms with van der Waals surface area (Å²) in [5.41, 5.74) is 3.12. The maximum atomic E-state index is 12.6. The summed E-state index contributed by atoms with van der Waals surface area (Å²) in [5.74, 6) is -1.88. The van der Waals surface area contributed by atoms with Crippen LogP contribution in [-0.2, 0) is 9.59 Å². The fraction of sp³-hybridized carbons (Fsp3) is 0.263. The standard InChI is InChI=1S/C19H21N3O4/c1-12-10-15(8-9-21-12)13-4-6-14(7-5-13)19(26)22(3)17(16(24)11-23)18(25)20-2/h4-10,17,23H,11H2,1-3H3,(H,20,25). The van der Waals surface area contributed by atoms with Crippen LogP contribution in [-0.4, -0.2) is 59.3 Å². The minimum Gasteiger partial charge on any atom is -0.388 e. The number of aryl methyl sites for hydroxylation is 1. The van der Waals surface area contributed by atoms with Crippen LogP contribution in [0.5, 0.6) is 0 Å². The fourth-order valence-corrected chi connectivity index (χ4v) is 2.61. The number of likely N-dealkylation sites (N-methyl/N-ethyl adjacent to an activating group) is 2. The Labute approximate surface area is 151 Å². The van der Waals surface area contributed by atoms with E-state index in [1.807, 2.05) is 19.1 Å². The summed E-state index contributed by atoms with van der Waals surface area (Å²) in [7, 11) is 2.72. The van der Waals surface area contributed by atoms with Crippen molar-refractivity contribution in [2.24, 2.45) is 0 Å². The Kier molecular flexibility index (Phi) is 6.19. The van der Waals surface area contributed by atoms with Gasteiger partial charge >= 0.3 is 0 Å². The molecule has 136 valence electrons. The Morgan fingerprint density at radius 2 is 1.81 bits per heavy atom. The van der Waals surface area contributed by atoms with Gasteiger partial charge < -0.3 is 15.3 Å². The van der Waals surface area contributed by atoms with Gasteiger partial charge in [0.2, 0.25) is 5.91 Å². The van der Waals surface area contributed by atoms with Gasteiger partial charge in [0.15, 0.2) is 11.8 Å². The lowest BCUT2D eigenvalue weighted by molar-refractivity contribution is -0.135. The van der Waals surface area contributed by atoms with E-state index in [0.717, 1.165) is 21.7 Å². The molecule has 26 heavy (non-hydrogen) atoms. The zero-order chi connectivity index (χ0) is 19.3. The van der Waals surface area contributed by atoms with Gasteiger partial charge in [-0.05, 0) is 42.3 Å². The van der Waals surface area contributed by atoms with Crippen molar-refractivity contribution in [3.05, 3.63) is 53.9 Å². The number of carbonyl (C=O) groups excluding carboxylic acids is 3. The first-order valence-corrected chi connectivity index (χ1v) is 8.04. The number of aliphatic hydroxyl groups excluding tert-OH is 1. The van der Waals surface area contributed by atoms with E-state index in [9.17, 15) is 14.4 Å². The maximum absolute atomic E-state index is 12.6. The first-order valence-electron chi connectivity index (χ1n) is 8.04. The Morgan fingerprint density at radius 3 is 2.35 bits per heavy atom. The number of hydrogen-bond donors (Lipinski definition) is 2. The fourth-order valence-electron chi connectivity index (χ4n) is 2.61. The summed E-state index contributed by atoms with van der Waals surface area (Å²) in [4.78, 5) is 41.6. The van der Waals surface area contributed by atoms with Gasteiger partial charge in [0.05, 0.1) is 0 Å². The Balaban J connectivity index is 2.25. The van der Waals surface area contributed by atoms with Crippen LogP contribution >= 0.6 is 0 Å². The predicted molar refractivity (Wildman–Crippen MR) is 96.5 cm³/mol. The van der Waals surface area contributed by atoms with E-state index in [0.29, 0.717) is 5.56 Å². The van der Waals surface area contributed by atoms with Crippen molar-refractivity contribution in [3.63, 3.8) is 0 Å². The number of nitrogens with one attached hydrogen (secondary N) is 1. The number of nitrogens with zero attached hydrogens (tertiary/aromatic N) is 2. The van der Waals surface area contributed by atoms with Gasteiger partial charge in [0, 0.05) is 31.5 Å². The molecule has 2 rings (SSSR count). The molecular formula is C19H21N3O4. The minimum absolute atomic E-state index is 0.335. The van der Waals surface area contributed by atoms with Crippen LogP contribution in [0.3, 0.4) is 0 Å². The second-order valence-electron chi connectivity index (χ2n) is 5.82. The topological polar surface area (TPSA) is 99.6 Å². The third-order valence-corrected chi connectivity index (χ3v) is 4.03. The molecule has 0 bridgehead atoms. The number of Topliss-reactive ketones (excluding diaryl/α,β-unsaturated/α-hetero) is 1. The Morgan fingerprint density at radius 1 is 1.15 bits per heavy atom. The molecule has 0 radical (unpaired) electrons. The molecule has 0 aliphatic rings. The second-order valence-corrected chi connectivity index (χ2v) is 5.82. The van der Waals surface area contributed by atoms with Gasteiger partial charge in [-0.25, -0.2) is 0 Å². The maximum Gasteiger partial charge on any atom is 0.254 e. The molecule has 0 spiro atoms. The highest BCUT2D eigenvalue weighted by molar-refractivity contribution is 6.10. The number of ketones is 1. The van der Waals surface area contributed by atoms with Gasteiger partial charge in [-0.15, -0.1) is 0 Å². The summed E-state index contributed by atoms with van der Waals surface area (Å²) in [5, 5.41) is 11.4. The van der Waals surface area contributed by atoms with Crippen LogP contribution in [0.15, 0.2) is 42.6 Å². The van der Waals surface area contributed by atoms with E-state index < -0.39 is 30.2 Å². The molecule has 1 atom stereocenters. The van der Waals surface area contributed by atoms with Gasteiger partial charge in [0.1, 0.15) is 6.61 Å². The lowest BCUT2D eigenvalue weighted by atomic mass is 10.0. The molecule has 1 heterocycles. The van der Waals surface area contributed by atoms with Crippen molar-refractivity contribution in [2.75, 3.05) is 20.7 Å². The number of aliphatic hydroxyl groups is 1. The molecule has 0 fully saturated rings. The smallest absolute Gasteiger partial charge is 0.254 e. The van der Waals surface area contributed by atoms with Crippen molar-refractivity contribution in [3.8, 4) is 11.1 Å². The quantitative estimate of drug-likeness (QED) is 0.747. The van der Waals surface area contributed by atoms with Crippen LogP contribution in [0.25, 0.3) is 11.1 Å². The van der Waals surface area contributed by atoms with E-state index in [1.165, 1.54) is 14.1 Å². The lowest BCUT2D eigenvalue weighted by Crippen LogP contribution is -2.52.